The van der Waals surface area contributed by atoms with E-state index in [4.69, 9.17) is 5.11 Å². The lowest BCUT2D eigenvalue weighted by Gasteiger charge is -2.13. The zero-order valence-corrected chi connectivity index (χ0v) is 4.85. The van der Waals surface area contributed by atoms with Gasteiger partial charge in [-0.05, 0) is 0 Å². The Labute approximate surface area is 54.6 Å². The van der Waals surface area contributed by atoms with Gasteiger partial charge in [-0.15, -0.1) is 0 Å². The first-order valence-electron chi connectivity index (χ1n) is 2.36. The van der Waals surface area contributed by atoms with Crippen LogP contribution in [0.1, 0.15) is 0 Å². The number of amides is 1. The van der Waals surface area contributed by atoms with Gasteiger partial charge in [0.2, 0.25) is 5.91 Å². The minimum Gasteiger partial charge on any atom is -0.395 e. The molecule has 0 aromatic heterocycles. The Bertz CT molecular complexity index is 133. The van der Waals surface area contributed by atoms with Crippen LogP contribution in [-0.4, -0.2) is 23.8 Å². The number of alkyl halides is 3. The Hall–Kier alpha value is -0.780. The molecule has 60 valence electrons. The largest absolute Gasteiger partial charge is 0.402 e. The molecule has 1 atom stereocenters. The standard InChI is InChI=1S/C4H6F3NO2/c5-4(6,7)2(1-9)3(8)10/h2,9H,1H2,(H2,8,10). The normalized spacial score (nSPS) is 14.8. The first-order valence-corrected chi connectivity index (χ1v) is 2.36. The van der Waals surface area contributed by atoms with Crippen molar-refractivity contribution in [2.24, 2.45) is 11.7 Å². The molecular formula is C4H6F3NO2. The summed E-state index contributed by atoms with van der Waals surface area (Å²) in [7, 11) is 0. The molecule has 0 spiro atoms. The van der Waals surface area contributed by atoms with Crippen molar-refractivity contribution in [3.8, 4) is 0 Å². The quantitative estimate of drug-likeness (QED) is 0.575. The van der Waals surface area contributed by atoms with Gasteiger partial charge in [0, 0.05) is 0 Å². The van der Waals surface area contributed by atoms with E-state index in [9.17, 15) is 18.0 Å². The van der Waals surface area contributed by atoms with Crippen molar-refractivity contribution in [1.29, 1.82) is 0 Å². The molecule has 0 radical (unpaired) electrons. The molecule has 0 saturated heterocycles. The zero-order chi connectivity index (χ0) is 8.36. The lowest BCUT2D eigenvalue weighted by molar-refractivity contribution is -0.187. The Morgan fingerprint density at radius 2 is 2.00 bits per heavy atom. The molecule has 3 nitrogen and oxygen atoms in total. The predicted molar refractivity (Wildman–Crippen MR) is 25.8 cm³/mol. The summed E-state index contributed by atoms with van der Waals surface area (Å²) in [5.74, 6) is -4.00. The number of primary amides is 1. The lowest BCUT2D eigenvalue weighted by atomic mass is 10.1. The van der Waals surface area contributed by atoms with Crippen LogP contribution < -0.4 is 5.73 Å². The van der Waals surface area contributed by atoms with E-state index in [2.05, 4.69) is 5.73 Å². The van der Waals surface area contributed by atoms with Gasteiger partial charge in [0.25, 0.3) is 0 Å². The van der Waals surface area contributed by atoms with E-state index in [1.165, 1.54) is 0 Å². The van der Waals surface area contributed by atoms with Gasteiger partial charge in [-0.2, -0.15) is 13.2 Å². The van der Waals surface area contributed by atoms with Crippen LogP contribution in [-0.2, 0) is 4.79 Å². The molecule has 0 rings (SSSR count). The molecule has 0 fully saturated rings. The second-order valence-corrected chi connectivity index (χ2v) is 1.68. The van der Waals surface area contributed by atoms with Gasteiger partial charge >= 0.3 is 6.18 Å². The van der Waals surface area contributed by atoms with Gasteiger partial charge in [-0.25, -0.2) is 0 Å². The summed E-state index contributed by atoms with van der Waals surface area (Å²) in [6.07, 6.45) is -4.74. The monoisotopic (exact) mass is 157 g/mol. The highest BCUT2D eigenvalue weighted by atomic mass is 19.4. The maximum Gasteiger partial charge on any atom is 0.402 e. The Morgan fingerprint density at radius 3 is 2.00 bits per heavy atom. The number of aliphatic hydroxyl groups excluding tert-OH is 1. The van der Waals surface area contributed by atoms with Crippen LogP contribution in [0.15, 0.2) is 0 Å². The molecule has 0 aromatic rings. The number of hydrogen-bond acceptors (Lipinski definition) is 2. The van der Waals surface area contributed by atoms with Crippen LogP contribution in [0.25, 0.3) is 0 Å². The summed E-state index contributed by atoms with van der Waals surface area (Å²) in [6, 6.07) is 0. The van der Waals surface area contributed by atoms with Crippen LogP contribution in [0, 0.1) is 5.92 Å². The average Bonchev–Trinajstić information content (AvgIpc) is 1.60. The molecule has 0 aromatic carbocycles. The molecule has 1 amide bonds. The minimum absolute atomic E-state index is 1.29. The molecule has 0 aliphatic rings. The summed E-state index contributed by atoms with van der Waals surface area (Å²) < 4.78 is 34.5. The Morgan fingerprint density at radius 1 is 1.60 bits per heavy atom. The fourth-order valence-electron chi connectivity index (χ4n) is 0.355. The van der Waals surface area contributed by atoms with Crippen LogP contribution in [0.2, 0.25) is 0 Å². The highest BCUT2D eigenvalue weighted by molar-refractivity contribution is 5.77. The number of hydrogen-bond donors (Lipinski definition) is 2. The first kappa shape index (κ1) is 9.22. The molecule has 0 aliphatic carbocycles. The van der Waals surface area contributed by atoms with E-state index < -0.39 is 24.6 Å². The van der Waals surface area contributed by atoms with Gasteiger partial charge in [0.1, 0.15) is 0 Å². The van der Waals surface area contributed by atoms with Gasteiger partial charge in [-0.3, -0.25) is 4.79 Å². The maximum absolute atomic E-state index is 11.5. The van der Waals surface area contributed by atoms with E-state index in [1.807, 2.05) is 0 Å². The average molecular weight is 157 g/mol. The fraction of sp³-hybridized carbons (Fsp3) is 0.750. The van der Waals surface area contributed by atoms with Crippen molar-refractivity contribution in [3.63, 3.8) is 0 Å². The van der Waals surface area contributed by atoms with Gasteiger partial charge in [-0.1, -0.05) is 0 Å². The molecule has 0 bridgehead atoms. The van der Waals surface area contributed by atoms with E-state index in [0.29, 0.717) is 0 Å². The number of nitrogens with two attached hydrogens (primary N) is 1. The number of carbonyl (C=O) groups is 1. The van der Waals surface area contributed by atoms with Crippen LogP contribution >= 0.6 is 0 Å². The van der Waals surface area contributed by atoms with Gasteiger partial charge in [0.15, 0.2) is 5.92 Å². The highest BCUT2D eigenvalue weighted by Crippen LogP contribution is 2.24. The molecule has 0 saturated carbocycles. The first-order chi connectivity index (χ1) is 4.39. The van der Waals surface area contributed by atoms with Crippen molar-refractivity contribution < 1.29 is 23.1 Å². The maximum atomic E-state index is 11.5. The molecule has 10 heavy (non-hydrogen) atoms. The smallest absolute Gasteiger partial charge is 0.395 e. The molecule has 3 N–H and O–H groups in total. The second-order valence-electron chi connectivity index (χ2n) is 1.68. The molecule has 1 unspecified atom stereocenters. The minimum atomic E-state index is -4.74. The SMILES string of the molecule is NC(=O)C(CO)C(F)(F)F. The van der Waals surface area contributed by atoms with Crippen LogP contribution in [0.5, 0.6) is 0 Å². The number of aliphatic hydroxyl groups is 1. The number of rotatable bonds is 2. The number of carbonyl (C=O) groups excluding carboxylic acids is 1. The molecule has 0 heterocycles. The van der Waals surface area contributed by atoms with Crippen molar-refractivity contribution in [1.82, 2.24) is 0 Å². The third kappa shape index (κ3) is 2.22. The van der Waals surface area contributed by atoms with Gasteiger partial charge < -0.3 is 10.8 Å². The summed E-state index contributed by atoms with van der Waals surface area (Å²) >= 11 is 0. The number of halogens is 3. The summed E-state index contributed by atoms with van der Waals surface area (Å²) in [5.41, 5.74) is 4.31. The van der Waals surface area contributed by atoms with Crippen LogP contribution in [0.4, 0.5) is 13.2 Å². The molecule has 0 aliphatic heterocycles. The summed E-state index contributed by atoms with van der Waals surface area (Å²) in [5, 5.41) is 8.01. The summed E-state index contributed by atoms with van der Waals surface area (Å²) in [4.78, 5) is 9.92. The lowest BCUT2D eigenvalue weighted by Crippen LogP contribution is -2.38. The molecular weight excluding hydrogens is 151 g/mol. The predicted octanol–water partition coefficient (Wildman–Crippen LogP) is -0.357. The van der Waals surface area contributed by atoms with Crippen molar-refractivity contribution in [2.75, 3.05) is 6.61 Å². The zero-order valence-electron chi connectivity index (χ0n) is 4.85. The van der Waals surface area contributed by atoms with Crippen molar-refractivity contribution in [2.45, 2.75) is 6.18 Å². The van der Waals surface area contributed by atoms with Crippen LogP contribution in [0.3, 0.4) is 0 Å². The fourth-order valence-corrected chi connectivity index (χ4v) is 0.355. The second kappa shape index (κ2) is 2.87. The molecule has 6 heteroatoms. The topological polar surface area (TPSA) is 63.3 Å². The summed E-state index contributed by atoms with van der Waals surface area (Å²) in [6.45, 7) is -1.29. The van der Waals surface area contributed by atoms with Crippen molar-refractivity contribution in [3.05, 3.63) is 0 Å². The van der Waals surface area contributed by atoms with Gasteiger partial charge in [0.05, 0.1) is 6.61 Å². The van der Waals surface area contributed by atoms with E-state index >= 15 is 0 Å². The van der Waals surface area contributed by atoms with E-state index in [0.717, 1.165) is 0 Å². The third-order valence-electron chi connectivity index (χ3n) is 0.921. The highest BCUT2D eigenvalue weighted by Gasteiger charge is 2.43. The Kier molecular flexibility index (Phi) is 2.65. The third-order valence-corrected chi connectivity index (χ3v) is 0.921. The van der Waals surface area contributed by atoms with E-state index in [1.54, 1.807) is 0 Å². The Balaban J connectivity index is 4.22. The van der Waals surface area contributed by atoms with E-state index in [-0.39, 0.29) is 0 Å². The van der Waals surface area contributed by atoms with Crippen molar-refractivity contribution >= 4 is 5.91 Å².